The summed E-state index contributed by atoms with van der Waals surface area (Å²) in [6.45, 7) is 2.87. The van der Waals surface area contributed by atoms with Crippen molar-refractivity contribution >= 4 is 23.2 Å². The molecule has 0 amide bonds. The van der Waals surface area contributed by atoms with E-state index in [2.05, 4.69) is 27.2 Å². The number of aromatic nitrogens is 2. The smallest absolute Gasteiger partial charge is 0.223 e. The molecule has 1 N–H and O–H groups in total. The Morgan fingerprint density at radius 2 is 2.38 bits per heavy atom. The zero-order chi connectivity index (χ0) is 11.5. The molecular formula is C10H14Cl2N4. The normalized spacial score (nSPS) is 20.6. The fourth-order valence-corrected chi connectivity index (χ4v) is 2.25. The summed E-state index contributed by atoms with van der Waals surface area (Å²) in [6, 6.07) is 0.562. The summed E-state index contributed by atoms with van der Waals surface area (Å²) in [7, 11) is 2.09. The minimum absolute atomic E-state index is 0.193. The van der Waals surface area contributed by atoms with Crippen molar-refractivity contribution in [3.05, 3.63) is 22.2 Å². The third-order valence-electron chi connectivity index (χ3n) is 2.86. The molecule has 1 fully saturated rings. The number of hydrogen-bond donors (Lipinski definition) is 1. The Kier molecular flexibility index (Phi) is 3.97. The third-order valence-corrected chi connectivity index (χ3v) is 3.37. The largest absolute Gasteiger partial charge is 0.315 e. The molecule has 88 valence electrons. The van der Waals surface area contributed by atoms with Crippen LogP contribution in [0.15, 0.2) is 6.20 Å². The molecule has 2 heterocycles. The van der Waals surface area contributed by atoms with Gasteiger partial charge in [-0.1, -0.05) is 11.6 Å². The van der Waals surface area contributed by atoms with E-state index in [1.165, 1.54) is 6.42 Å². The molecule has 1 unspecified atom stereocenters. The highest BCUT2D eigenvalue weighted by molar-refractivity contribution is 6.32. The predicted octanol–water partition coefficient (Wildman–Crippen LogP) is 1.58. The van der Waals surface area contributed by atoms with Gasteiger partial charge in [-0.05, 0) is 31.6 Å². The molecule has 0 aliphatic carbocycles. The molecule has 0 aromatic carbocycles. The van der Waals surface area contributed by atoms with E-state index in [0.717, 1.165) is 25.2 Å². The van der Waals surface area contributed by atoms with Crippen LogP contribution in [0, 0.1) is 0 Å². The maximum atomic E-state index is 6.00. The van der Waals surface area contributed by atoms with Gasteiger partial charge >= 0.3 is 0 Å². The molecule has 1 aliphatic rings. The summed E-state index contributed by atoms with van der Waals surface area (Å²) < 4.78 is 0. The lowest BCUT2D eigenvalue weighted by Crippen LogP contribution is -2.33. The van der Waals surface area contributed by atoms with Gasteiger partial charge in [-0.15, -0.1) is 0 Å². The van der Waals surface area contributed by atoms with Gasteiger partial charge in [0, 0.05) is 30.9 Å². The van der Waals surface area contributed by atoms with Gasteiger partial charge in [-0.2, -0.15) is 0 Å². The Morgan fingerprint density at radius 1 is 1.56 bits per heavy atom. The van der Waals surface area contributed by atoms with Crippen LogP contribution >= 0.6 is 23.2 Å². The van der Waals surface area contributed by atoms with Crippen LogP contribution in [-0.4, -0.2) is 41.0 Å². The predicted molar refractivity (Wildman–Crippen MR) is 64.8 cm³/mol. The average Bonchev–Trinajstić information content (AvgIpc) is 2.75. The van der Waals surface area contributed by atoms with Crippen LogP contribution in [0.3, 0.4) is 0 Å². The first-order chi connectivity index (χ1) is 7.66. The number of nitrogens with one attached hydrogen (secondary N) is 1. The quantitative estimate of drug-likeness (QED) is 0.662. The van der Waals surface area contributed by atoms with Gasteiger partial charge in [-0.25, -0.2) is 9.97 Å². The van der Waals surface area contributed by atoms with Crippen LogP contribution in [-0.2, 0) is 6.54 Å². The number of nitrogens with zero attached hydrogens (tertiary/aromatic N) is 3. The molecule has 1 atom stereocenters. The fraction of sp³-hybridized carbons (Fsp3) is 0.600. The molecule has 6 heteroatoms. The standard InChI is InChI=1S/C10H14Cl2N4/c1-16(8-2-3-13-5-8)6-7-4-14-10(12)15-9(7)11/h4,8,13H,2-3,5-6H2,1H3. The molecule has 0 bridgehead atoms. The lowest BCUT2D eigenvalue weighted by molar-refractivity contribution is 0.248. The van der Waals surface area contributed by atoms with Crippen LogP contribution in [0.2, 0.25) is 10.4 Å². The summed E-state index contributed by atoms with van der Waals surface area (Å²) in [5.41, 5.74) is 0.917. The topological polar surface area (TPSA) is 41.1 Å². The van der Waals surface area contributed by atoms with E-state index in [-0.39, 0.29) is 5.28 Å². The number of hydrogen-bond acceptors (Lipinski definition) is 4. The number of likely N-dealkylation sites (N-methyl/N-ethyl adjacent to an activating group) is 1. The van der Waals surface area contributed by atoms with E-state index >= 15 is 0 Å². The van der Waals surface area contributed by atoms with E-state index < -0.39 is 0 Å². The van der Waals surface area contributed by atoms with E-state index in [0.29, 0.717) is 11.2 Å². The Balaban J connectivity index is 2.02. The first-order valence-corrected chi connectivity index (χ1v) is 6.00. The van der Waals surface area contributed by atoms with Crippen molar-refractivity contribution in [2.24, 2.45) is 0 Å². The van der Waals surface area contributed by atoms with Crippen LogP contribution < -0.4 is 5.32 Å². The number of rotatable bonds is 3. The summed E-state index contributed by atoms with van der Waals surface area (Å²) >= 11 is 11.7. The van der Waals surface area contributed by atoms with E-state index in [1.54, 1.807) is 6.20 Å². The highest BCUT2D eigenvalue weighted by Gasteiger charge is 2.20. The van der Waals surface area contributed by atoms with E-state index in [9.17, 15) is 0 Å². The van der Waals surface area contributed by atoms with Crippen LogP contribution in [0.4, 0.5) is 0 Å². The van der Waals surface area contributed by atoms with Crippen molar-refractivity contribution in [2.45, 2.75) is 19.0 Å². The lowest BCUT2D eigenvalue weighted by atomic mass is 10.2. The van der Waals surface area contributed by atoms with Crippen molar-refractivity contribution in [1.29, 1.82) is 0 Å². The van der Waals surface area contributed by atoms with Crippen LogP contribution in [0.1, 0.15) is 12.0 Å². The maximum absolute atomic E-state index is 6.00. The summed E-state index contributed by atoms with van der Waals surface area (Å²) in [5, 5.41) is 3.97. The van der Waals surface area contributed by atoms with Crippen molar-refractivity contribution in [2.75, 3.05) is 20.1 Å². The molecule has 1 aromatic heterocycles. The molecule has 16 heavy (non-hydrogen) atoms. The van der Waals surface area contributed by atoms with Crippen molar-refractivity contribution in [3.8, 4) is 0 Å². The lowest BCUT2D eigenvalue weighted by Gasteiger charge is -2.23. The molecule has 0 saturated carbocycles. The number of halogens is 2. The highest BCUT2D eigenvalue weighted by Crippen LogP contribution is 2.17. The maximum Gasteiger partial charge on any atom is 0.223 e. The van der Waals surface area contributed by atoms with Crippen LogP contribution in [0.5, 0.6) is 0 Å². The molecular weight excluding hydrogens is 247 g/mol. The first kappa shape index (κ1) is 12.0. The summed E-state index contributed by atoms with van der Waals surface area (Å²) in [4.78, 5) is 10.1. The molecule has 2 rings (SSSR count). The Hall–Kier alpha value is -0.420. The second kappa shape index (κ2) is 5.27. The average molecular weight is 261 g/mol. The van der Waals surface area contributed by atoms with Gasteiger partial charge in [0.1, 0.15) is 5.15 Å². The Bertz CT molecular complexity index is 366. The highest BCUT2D eigenvalue weighted by atomic mass is 35.5. The zero-order valence-electron chi connectivity index (χ0n) is 9.08. The summed E-state index contributed by atoms with van der Waals surface area (Å²) in [6.07, 6.45) is 2.86. The summed E-state index contributed by atoms with van der Waals surface area (Å²) in [5.74, 6) is 0. The minimum atomic E-state index is 0.193. The van der Waals surface area contributed by atoms with Crippen molar-refractivity contribution < 1.29 is 0 Å². The van der Waals surface area contributed by atoms with Gasteiger partial charge < -0.3 is 5.32 Å². The second-order valence-corrected chi connectivity index (χ2v) is 4.71. The van der Waals surface area contributed by atoms with Gasteiger partial charge in [0.05, 0.1) is 0 Å². The monoisotopic (exact) mass is 260 g/mol. The molecule has 1 aliphatic heterocycles. The Morgan fingerprint density at radius 3 is 3.00 bits per heavy atom. The van der Waals surface area contributed by atoms with E-state index in [1.807, 2.05) is 0 Å². The molecule has 1 saturated heterocycles. The van der Waals surface area contributed by atoms with E-state index in [4.69, 9.17) is 23.2 Å². The molecule has 4 nitrogen and oxygen atoms in total. The van der Waals surface area contributed by atoms with Gasteiger partial charge in [0.2, 0.25) is 5.28 Å². The minimum Gasteiger partial charge on any atom is -0.315 e. The molecule has 0 spiro atoms. The van der Waals surface area contributed by atoms with Crippen LogP contribution in [0.25, 0.3) is 0 Å². The fourth-order valence-electron chi connectivity index (χ4n) is 1.89. The second-order valence-electron chi connectivity index (χ2n) is 4.02. The molecule has 0 radical (unpaired) electrons. The van der Waals surface area contributed by atoms with Gasteiger partial charge in [0.15, 0.2) is 0 Å². The SMILES string of the molecule is CN(Cc1cnc(Cl)nc1Cl)C1CCNC1. The van der Waals surface area contributed by atoms with Crippen molar-refractivity contribution in [3.63, 3.8) is 0 Å². The van der Waals surface area contributed by atoms with Gasteiger partial charge in [0.25, 0.3) is 0 Å². The van der Waals surface area contributed by atoms with Crippen molar-refractivity contribution in [1.82, 2.24) is 20.2 Å². The Labute approximate surface area is 105 Å². The third kappa shape index (κ3) is 2.83. The molecule has 1 aromatic rings. The van der Waals surface area contributed by atoms with Gasteiger partial charge in [-0.3, -0.25) is 4.90 Å². The zero-order valence-corrected chi connectivity index (χ0v) is 10.6. The first-order valence-electron chi connectivity index (χ1n) is 5.24.